The van der Waals surface area contributed by atoms with Crippen molar-refractivity contribution in [3.63, 3.8) is 0 Å². The van der Waals surface area contributed by atoms with Gasteiger partial charge in [-0.05, 0) is 26.8 Å². The molecule has 1 N–H and O–H groups in total. The summed E-state index contributed by atoms with van der Waals surface area (Å²) in [6, 6.07) is 0. The lowest BCUT2D eigenvalue weighted by Crippen LogP contribution is -2.59. The second-order valence-corrected chi connectivity index (χ2v) is 4.80. The molecule has 3 heteroatoms. The van der Waals surface area contributed by atoms with Gasteiger partial charge in [0.15, 0.2) is 0 Å². The van der Waals surface area contributed by atoms with Gasteiger partial charge in [-0.15, -0.1) is 0 Å². The van der Waals surface area contributed by atoms with E-state index in [0.29, 0.717) is 0 Å². The number of hydrogen-bond donors (Lipinski definition) is 1. The van der Waals surface area contributed by atoms with Crippen LogP contribution in [-0.2, 0) is 0 Å². The van der Waals surface area contributed by atoms with Gasteiger partial charge in [-0.2, -0.15) is 0 Å². The molecule has 0 spiro atoms. The largest absolute Gasteiger partial charge is 0.395 e. The minimum Gasteiger partial charge on any atom is -0.395 e. The molecule has 1 aliphatic rings. The summed E-state index contributed by atoms with van der Waals surface area (Å²) in [5.74, 6) is 0. The van der Waals surface area contributed by atoms with Crippen LogP contribution in [0.2, 0.25) is 0 Å². The van der Waals surface area contributed by atoms with Crippen LogP contribution >= 0.6 is 0 Å². The van der Waals surface area contributed by atoms with E-state index in [0.717, 1.165) is 26.2 Å². The second kappa shape index (κ2) is 5.10. The summed E-state index contributed by atoms with van der Waals surface area (Å²) >= 11 is 0. The lowest BCUT2D eigenvalue weighted by Gasteiger charge is -2.47. The molecule has 3 nitrogen and oxygen atoms in total. The molecule has 0 aromatic carbocycles. The van der Waals surface area contributed by atoms with Crippen molar-refractivity contribution in [2.45, 2.75) is 32.7 Å². The van der Waals surface area contributed by atoms with Gasteiger partial charge in [-0.3, -0.25) is 9.80 Å². The Hall–Kier alpha value is -0.120. The van der Waals surface area contributed by atoms with Gasteiger partial charge in [-0.25, -0.2) is 0 Å². The fourth-order valence-electron chi connectivity index (χ4n) is 2.31. The third-order valence-electron chi connectivity index (χ3n) is 3.06. The zero-order chi connectivity index (χ0) is 10.6. The monoisotopic (exact) mass is 200 g/mol. The quantitative estimate of drug-likeness (QED) is 0.726. The highest BCUT2D eigenvalue weighted by Crippen LogP contribution is 2.20. The first kappa shape index (κ1) is 12.0. The number of nitrogens with zero attached hydrogens (tertiary/aromatic N) is 2. The Morgan fingerprint density at radius 2 is 1.93 bits per heavy atom. The highest BCUT2D eigenvalue weighted by Gasteiger charge is 2.32. The number of piperazine rings is 1. The molecule has 0 radical (unpaired) electrons. The van der Waals surface area contributed by atoms with Gasteiger partial charge in [0.25, 0.3) is 0 Å². The van der Waals surface area contributed by atoms with Crippen LogP contribution in [0.3, 0.4) is 0 Å². The average molecular weight is 200 g/mol. The van der Waals surface area contributed by atoms with Crippen LogP contribution in [0.4, 0.5) is 0 Å². The average Bonchev–Trinajstić information content (AvgIpc) is 2.10. The summed E-state index contributed by atoms with van der Waals surface area (Å²) in [5, 5.41) is 8.90. The van der Waals surface area contributed by atoms with E-state index in [9.17, 15) is 0 Å². The molecule has 0 aromatic heterocycles. The van der Waals surface area contributed by atoms with Crippen molar-refractivity contribution in [3.8, 4) is 0 Å². The van der Waals surface area contributed by atoms with Crippen molar-refractivity contribution in [2.24, 2.45) is 0 Å². The lowest BCUT2D eigenvalue weighted by molar-refractivity contribution is 0.0137. The second-order valence-electron chi connectivity index (χ2n) is 4.80. The van der Waals surface area contributed by atoms with Crippen LogP contribution in [0.25, 0.3) is 0 Å². The molecular weight excluding hydrogens is 176 g/mol. The maximum atomic E-state index is 8.90. The summed E-state index contributed by atoms with van der Waals surface area (Å²) in [6.07, 6.45) is 1.23. The first-order chi connectivity index (χ1) is 6.60. The Kier molecular flexibility index (Phi) is 4.35. The molecule has 1 saturated heterocycles. The predicted molar refractivity (Wildman–Crippen MR) is 59.5 cm³/mol. The van der Waals surface area contributed by atoms with E-state index in [1.165, 1.54) is 13.0 Å². The Bertz CT molecular complexity index is 171. The predicted octanol–water partition coefficient (Wildman–Crippen LogP) is 0.785. The molecule has 0 saturated carbocycles. The van der Waals surface area contributed by atoms with E-state index in [4.69, 9.17) is 5.11 Å². The molecule has 0 bridgehead atoms. The number of rotatable bonds is 4. The van der Waals surface area contributed by atoms with Crippen molar-refractivity contribution in [2.75, 3.05) is 39.3 Å². The van der Waals surface area contributed by atoms with Crippen molar-refractivity contribution in [1.29, 1.82) is 0 Å². The van der Waals surface area contributed by atoms with E-state index in [1.54, 1.807) is 0 Å². The highest BCUT2D eigenvalue weighted by molar-refractivity contribution is 4.89. The Balaban J connectivity index is 2.47. The van der Waals surface area contributed by atoms with Gasteiger partial charge < -0.3 is 5.11 Å². The molecule has 1 aliphatic heterocycles. The fourth-order valence-corrected chi connectivity index (χ4v) is 2.31. The van der Waals surface area contributed by atoms with Crippen molar-refractivity contribution in [3.05, 3.63) is 0 Å². The van der Waals surface area contributed by atoms with Gasteiger partial charge in [0, 0.05) is 31.7 Å². The topological polar surface area (TPSA) is 26.7 Å². The summed E-state index contributed by atoms with van der Waals surface area (Å²) in [7, 11) is 0. The highest BCUT2D eigenvalue weighted by atomic mass is 16.3. The van der Waals surface area contributed by atoms with E-state index in [-0.39, 0.29) is 12.1 Å². The summed E-state index contributed by atoms with van der Waals surface area (Å²) in [5.41, 5.74) is 0.267. The van der Waals surface area contributed by atoms with Crippen LogP contribution in [0.5, 0.6) is 0 Å². The molecule has 1 rings (SSSR count). The summed E-state index contributed by atoms with van der Waals surface area (Å²) in [6.45, 7) is 12.4. The van der Waals surface area contributed by atoms with E-state index in [2.05, 4.69) is 30.6 Å². The number of aliphatic hydroxyl groups excluding tert-OH is 1. The Morgan fingerprint density at radius 3 is 2.43 bits per heavy atom. The zero-order valence-electron chi connectivity index (χ0n) is 9.79. The van der Waals surface area contributed by atoms with Gasteiger partial charge in [-0.1, -0.05) is 6.92 Å². The molecular formula is C11H24N2O. The van der Waals surface area contributed by atoms with Crippen LogP contribution in [0.1, 0.15) is 27.2 Å². The summed E-state index contributed by atoms with van der Waals surface area (Å²) in [4.78, 5) is 4.91. The molecule has 0 unspecified atom stereocenters. The molecule has 0 atom stereocenters. The fraction of sp³-hybridized carbons (Fsp3) is 1.00. The third kappa shape index (κ3) is 2.94. The number of β-amino-alcohol motifs (C(OH)–C–C–N with tert-alkyl or cyclic N) is 1. The molecule has 1 fully saturated rings. The first-order valence-electron chi connectivity index (χ1n) is 5.68. The van der Waals surface area contributed by atoms with Crippen LogP contribution in [0.15, 0.2) is 0 Å². The molecule has 0 amide bonds. The first-order valence-corrected chi connectivity index (χ1v) is 5.68. The minimum absolute atomic E-state index is 0.267. The van der Waals surface area contributed by atoms with Gasteiger partial charge in [0.05, 0.1) is 6.61 Å². The van der Waals surface area contributed by atoms with Crippen molar-refractivity contribution in [1.82, 2.24) is 9.80 Å². The molecule has 14 heavy (non-hydrogen) atoms. The van der Waals surface area contributed by atoms with Gasteiger partial charge in [0.1, 0.15) is 0 Å². The number of aliphatic hydroxyl groups is 1. The zero-order valence-corrected chi connectivity index (χ0v) is 9.79. The Labute approximate surface area is 87.7 Å². The van der Waals surface area contributed by atoms with E-state index >= 15 is 0 Å². The molecule has 1 heterocycles. The van der Waals surface area contributed by atoms with Gasteiger partial charge in [0.2, 0.25) is 0 Å². The minimum atomic E-state index is 0.267. The molecule has 84 valence electrons. The molecule has 0 aliphatic carbocycles. The maximum Gasteiger partial charge on any atom is 0.0558 e. The standard InChI is InChI=1S/C11H24N2O/c1-4-5-13-7-6-12(8-9-14)10-11(13,2)3/h14H,4-10H2,1-3H3. The van der Waals surface area contributed by atoms with Gasteiger partial charge >= 0.3 is 0 Å². The Morgan fingerprint density at radius 1 is 1.21 bits per heavy atom. The van der Waals surface area contributed by atoms with Crippen molar-refractivity contribution >= 4 is 0 Å². The number of hydrogen-bond acceptors (Lipinski definition) is 3. The van der Waals surface area contributed by atoms with Crippen LogP contribution in [0, 0.1) is 0 Å². The maximum absolute atomic E-state index is 8.90. The van der Waals surface area contributed by atoms with E-state index < -0.39 is 0 Å². The van der Waals surface area contributed by atoms with Crippen molar-refractivity contribution < 1.29 is 5.11 Å². The molecule has 0 aromatic rings. The van der Waals surface area contributed by atoms with E-state index in [1.807, 2.05) is 0 Å². The summed E-state index contributed by atoms with van der Waals surface area (Å²) < 4.78 is 0. The smallest absolute Gasteiger partial charge is 0.0558 e. The van der Waals surface area contributed by atoms with Crippen LogP contribution in [-0.4, -0.2) is 59.8 Å². The lowest BCUT2D eigenvalue weighted by atomic mass is 9.98. The third-order valence-corrected chi connectivity index (χ3v) is 3.06. The SMILES string of the molecule is CCCN1CCN(CCO)CC1(C)C. The normalized spacial score (nSPS) is 24.0. The van der Waals surface area contributed by atoms with Crippen LogP contribution < -0.4 is 0 Å².